The van der Waals surface area contributed by atoms with Crippen LogP contribution >= 0.6 is 0 Å². The van der Waals surface area contributed by atoms with E-state index in [4.69, 9.17) is 0 Å². The number of benzene rings is 1. The first-order valence-corrected chi connectivity index (χ1v) is 8.37. The van der Waals surface area contributed by atoms with Crippen molar-refractivity contribution in [3.8, 4) is 0 Å². The fourth-order valence-electron chi connectivity index (χ4n) is 3.13. The number of piperidine rings is 1. The Labute approximate surface area is 132 Å². The van der Waals surface area contributed by atoms with Gasteiger partial charge in [0.2, 0.25) is 5.91 Å². The number of β-amino-alcohol motifs (C(OH)–C–C–N with tert-alkyl or cyclic N) is 1. The van der Waals surface area contributed by atoms with Gasteiger partial charge in [-0.2, -0.15) is 0 Å². The van der Waals surface area contributed by atoms with E-state index >= 15 is 0 Å². The molecule has 22 heavy (non-hydrogen) atoms. The second-order valence-electron chi connectivity index (χ2n) is 6.81. The highest BCUT2D eigenvalue weighted by Crippen LogP contribution is 2.29. The molecule has 1 aliphatic carbocycles. The summed E-state index contributed by atoms with van der Waals surface area (Å²) in [5.74, 6) is 0.545. The summed E-state index contributed by atoms with van der Waals surface area (Å²) >= 11 is 0. The van der Waals surface area contributed by atoms with E-state index in [1.807, 2.05) is 23.1 Å². The predicted molar refractivity (Wildman–Crippen MR) is 86.2 cm³/mol. The molecule has 1 aromatic carbocycles. The minimum atomic E-state index is -0.301. The summed E-state index contributed by atoms with van der Waals surface area (Å²) in [6.07, 6.45) is 2.91. The van der Waals surface area contributed by atoms with Crippen molar-refractivity contribution in [3.05, 3.63) is 35.9 Å². The van der Waals surface area contributed by atoms with E-state index in [0.717, 1.165) is 25.8 Å². The number of amides is 1. The first-order chi connectivity index (χ1) is 10.6. The number of hydrogen-bond acceptors (Lipinski definition) is 3. The molecule has 1 saturated heterocycles. The average molecular weight is 302 g/mol. The van der Waals surface area contributed by atoms with E-state index in [1.54, 1.807) is 0 Å². The molecule has 1 saturated carbocycles. The van der Waals surface area contributed by atoms with Crippen molar-refractivity contribution < 1.29 is 9.90 Å². The topological polar surface area (TPSA) is 43.8 Å². The Hall–Kier alpha value is -1.39. The lowest BCUT2D eigenvalue weighted by Crippen LogP contribution is -2.48. The van der Waals surface area contributed by atoms with Crippen LogP contribution in [0.2, 0.25) is 0 Å². The van der Waals surface area contributed by atoms with Crippen LogP contribution in [0.25, 0.3) is 0 Å². The first kappa shape index (κ1) is 15.5. The zero-order chi connectivity index (χ0) is 15.5. The molecule has 1 aromatic rings. The minimum Gasteiger partial charge on any atom is -0.392 e. The molecule has 4 heteroatoms. The molecule has 0 bridgehead atoms. The molecular weight excluding hydrogens is 276 g/mol. The van der Waals surface area contributed by atoms with E-state index in [9.17, 15) is 9.90 Å². The smallest absolute Gasteiger partial charge is 0.237 e. The number of rotatable bonds is 5. The van der Waals surface area contributed by atoms with Crippen molar-refractivity contribution in [3.63, 3.8) is 0 Å². The van der Waals surface area contributed by atoms with Gasteiger partial charge in [0.15, 0.2) is 0 Å². The second kappa shape index (κ2) is 6.80. The van der Waals surface area contributed by atoms with E-state index in [-0.39, 0.29) is 12.0 Å². The van der Waals surface area contributed by atoms with Crippen LogP contribution in [0.4, 0.5) is 0 Å². The lowest BCUT2D eigenvalue weighted by molar-refractivity contribution is -0.134. The molecule has 1 amide bonds. The zero-order valence-corrected chi connectivity index (χ0v) is 13.3. The van der Waals surface area contributed by atoms with Crippen molar-refractivity contribution >= 4 is 5.91 Å². The molecule has 2 aliphatic rings. The Kier molecular flexibility index (Phi) is 4.79. The fraction of sp³-hybridized carbons (Fsp3) is 0.611. The minimum absolute atomic E-state index is 0.202. The summed E-state index contributed by atoms with van der Waals surface area (Å²) in [6.45, 7) is 4.75. The molecule has 2 unspecified atom stereocenters. The van der Waals surface area contributed by atoms with Crippen molar-refractivity contribution in [1.82, 2.24) is 9.80 Å². The van der Waals surface area contributed by atoms with Crippen LogP contribution in [-0.4, -0.2) is 52.6 Å². The highest BCUT2D eigenvalue weighted by Gasteiger charge is 2.34. The Balaban J connectivity index is 1.59. The number of aliphatic hydroxyl groups is 1. The van der Waals surface area contributed by atoms with Gasteiger partial charge in [0.1, 0.15) is 0 Å². The predicted octanol–water partition coefficient (Wildman–Crippen LogP) is 1.88. The summed E-state index contributed by atoms with van der Waals surface area (Å²) in [7, 11) is 0. The van der Waals surface area contributed by atoms with Gasteiger partial charge in [0, 0.05) is 19.1 Å². The third-order valence-corrected chi connectivity index (χ3v) is 4.87. The number of nitrogens with zero attached hydrogens (tertiary/aromatic N) is 2. The number of carbonyl (C=O) groups is 1. The van der Waals surface area contributed by atoms with Gasteiger partial charge >= 0.3 is 0 Å². The highest BCUT2D eigenvalue weighted by atomic mass is 16.3. The second-order valence-corrected chi connectivity index (χ2v) is 6.81. The van der Waals surface area contributed by atoms with Crippen LogP contribution in [-0.2, 0) is 11.3 Å². The molecule has 4 nitrogen and oxygen atoms in total. The Bertz CT molecular complexity index is 501. The molecule has 120 valence electrons. The molecule has 1 N–H and O–H groups in total. The number of hydrogen-bond donors (Lipinski definition) is 1. The normalized spacial score (nSPS) is 25.9. The summed E-state index contributed by atoms with van der Waals surface area (Å²) in [5.41, 5.74) is 1.19. The monoisotopic (exact) mass is 302 g/mol. The van der Waals surface area contributed by atoms with Gasteiger partial charge in [-0.1, -0.05) is 37.3 Å². The summed E-state index contributed by atoms with van der Waals surface area (Å²) in [6, 6.07) is 10.6. The molecule has 1 heterocycles. The molecule has 2 atom stereocenters. The van der Waals surface area contributed by atoms with Gasteiger partial charge < -0.3 is 10.0 Å². The lowest BCUT2D eigenvalue weighted by Gasteiger charge is -2.35. The average Bonchev–Trinajstić information content (AvgIpc) is 3.34. The molecular formula is C18H26N2O2. The Morgan fingerprint density at radius 3 is 2.64 bits per heavy atom. The largest absolute Gasteiger partial charge is 0.392 e. The molecule has 0 aromatic heterocycles. The molecule has 1 aliphatic heterocycles. The summed E-state index contributed by atoms with van der Waals surface area (Å²) < 4.78 is 0. The van der Waals surface area contributed by atoms with Crippen molar-refractivity contribution in [1.29, 1.82) is 0 Å². The van der Waals surface area contributed by atoms with Crippen LogP contribution in [0.3, 0.4) is 0 Å². The van der Waals surface area contributed by atoms with Gasteiger partial charge in [-0.3, -0.25) is 9.69 Å². The highest BCUT2D eigenvalue weighted by molar-refractivity contribution is 5.79. The SMILES string of the molecule is CC1CCN(CC(=O)N(Cc2ccccc2)C2CC2)CC1O. The molecule has 0 spiro atoms. The summed E-state index contributed by atoms with van der Waals surface area (Å²) in [4.78, 5) is 16.8. The third-order valence-electron chi connectivity index (χ3n) is 4.87. The zero-order valence-electron chi connectivity index (χ0n) is 13.3. The maximum absolute atomic E-state index is 12.7. The quantitative estimate of drug-likeness (QED) is 0.903. The van der Waals surface area contributed by atoms with Gasteiger partial charge in [-0.15, -0.1) is 0 Å². The van der Waals surface area contributed by atoms with Gasteiger partial charge in [-0.05, 0) is 37.3 Å². The van der Waals surface area contributed by atoms with Crippen LogP contribution in [0.15, 0.2) is 30.3 Å². The van der Waals surface area contributed by atoms with Crippen molar-refractivity contribution in [2.75, 3.05) is 19.6 Å². The van der Waals surface area contributed by atoms with E-state index < -0.39 is 0 Å². The molecule has 0 radical (unpaired) electrons. The van der Waals surface area contributed by atoms with Gasteiger partial charge in [0.05, 0.1) is 12.6 Å². The van der Waals surface area contributed by atoms with Crippen molar-refractivity contribution in [2.45, 2.75) is 44.9 Å². The Morgan fingerprint density at radius 2 is 2.00 bits per heavy atom. The molecule has 2 fully saturated rings. The van der Waals surface area contributed by atoms with Crippen LogP contribution in [0, 0.1) is 5.92 Å². The fourth-order valence-corrected chi connectivity index (χ4v) is 3.13. The maximum atomic E-state index is 12.7. The number of aliphatic hydroxyl groups excluding tert-OH is 1. The number of likely N-dealkylation sites (tertiary alicyclic amines) is 1. The van der Waals surface area contributed by atoms with E-state index in [2.05, 4.69) is 24.0 Å². The van der Waals surface area contributed by atoms with Crippen LogP contribution < -0.4 is 0 Å². The van der Waals surface area contributed by atoms with Crippen LogP contribution in [0.5, 0.6) is 0 Å². The maximum Gasteiger partial charge on any atom is 0.237 e. The Morgan fingerprint density at radius 1 is 1.27 bits per heavy atom. The van der Waals surface area contributed by atoms with E-state index in [0.29, 0.717) is 31.6 Å². The lowest BCUT2D eigenvalue weighted by atomic mass is 9.96. The first-order valence-electron chi connectivity index (χ1n) is 8.37. The van der Waals surface area contributed by atoms with E-state index in [1.165, 1.54) is 5.56 Å². The number of carbonyl (C=O) groups excluding carboxylic acids is 1. The van der Waals surface area contributed by atoms with Crippen LogP contribution in [0.1, 0.15) is 31.7 Å². The third kappa shape index (κ3) is 3.87. The molecule has 3 rings (SSSR count). The standard InChI is InChI=1S/C18H26N2O2/c1-14-9-10-19(12-17(14)21)13-18(22)20(16-7-8-16)11-15-5-3-2-4-6-15/h2-6,14,16-17,21H,7-13H2,1H3. The van der Waals surface area contributed by atoms with Crippen molar-refractivity contribution in [2.24, 2.45) is 5.92 Å². The van der Waals surface area contributed by atoms with Gasteiger partial charge in [-0.25, -0.2) is 0 Å². The summed E-state index contributed by atoms with van der Waals surface area (Å²) in [5, 5.41) is 9.99. The van der Waals surface area contributed by atoms with Gasteiger partial charge in [0.25, 0.3) is 0 Å².